The molecular weight excluding hydrogens is 442 g/mol. The van der Waals surface area contributed by atoms with Crippen LogP contribution >= 0.6 is 0 Å². The van der Waals surface area contributed by atoms with Crippen LogP contribution in [0.2, 0.25) is 0 Å². The molecule has 1 aliphatic rings. The summed E-state index contributed by atoms with van der Waals surface area (Å²) >= 11 is 0. The van der Waals surface area contributed by atoms with E-state index in [9.17, 15) is 8.42 Å². The van der Waals surface area contributed by atoms with E-state index in [1.54, 1.807) is 12.3 Å². The van der Waals surface area contributed by atoms with Crippen molar-refractivity contribution in [3.63, 3.8) is 0 Å². The lowest BCUT2D eigenvalue weighted by molar-refractivity contribution is 0.440. The van der Waals surface area contributed by atoms with Crippen LogP contribution in [0.3, 0.4) is 0 Å². The van der Waals surface area contributed by atoms with Crippen LogP contribution in [0, 0.1) is 0 Å². The summed E-state index contributed by atoms with van der Waals surface area (Å²) in [7, 11) is -3.61. The smallest absolute Gasteiger partial charge is 0.270 e. The van der Waals surface area contributed by atoms with Gasteiger partial charge in [0, 0.05) is 31.0 Å². The number of sulfonamides is 1. The van der Waals surface area contributed by atoms with E-state index in [1.807, 2.05) is 36.4 Å². The summed E-state index contributed by atoms with van der Waals surface area (Å²) in [4.78, 5) is 12.9. The third kappa shape index (κ3) is 4.11. The molecule has 0 saturated carbocycles. The summed E-state index contributed by atoms with van der Waals surface area (Å²) in [6, 6.07) is 12.5. The van der Waals surface area contributed by atoms with Gasteiger partial charge in [0.15, 0.2) is 11.5 Å². The zero-order chi connectivity index (χ0) is 22.8. The Morgan fingerprint density at radius 3 is 2.55 bits per heavy atom. The number of nitrogen functional groups attached to an aromatic ring is 1. The largest absolute Gasteiger partial charge is 0.414 e. The van der Waals surface area contributed by atoms with Gasteiger partial charge in [-0.25, -0.2) is 18.4 Å². The van der Waals surface area contributed by atoms with Gasteiger partial charge in [-0.1, -0.05) is 24.3 Å². The highest BCUT2D eigenvalue weighted by molar-refractivity contribution is 7.89. The number of nitrogens with two attached hydrogens (primary N) is 1. The minimum absolute atomic E-state index is 0.165. The number of hydrogen-bond donors (Lipinski definition) is 1. The molecule has 0 saturated heterocycles. The number of hydrogen-bond acceptors (Lipinski definition) is 9. The molecule has 0 aliphatic carbocycles. The van der Waals surface area contributed by atoms with Crippen molar-refractivity contribution >= 4 is 21.4 Å². The molecule has 3 aromatic heterocycles. The molecule has 4 aromatic rings. The first-order valence-electron chi connectivity index (χ1n) is 10.1. The molecule has 33 heavy (non-hydrogen) atoms. The molecule has 10 nitrogen and oxygen atoms in total. The molecule has 0 amide bonds. The van der Waals surface area contributed by atoms with Crippen LogP contribution in [-0.2, 0) is 10.0 Å². The van der Waals surface area contributed by atoms with Crippen LogP contribution in [0.4, 0.5) is 5.82 Å². The van der Waals surface area contributed by atoms with Gasteiger partial charge in [0.25, 0.3) is 5.89 Å². The normalized spacial score (nSPS) is 14.7. The van der Waals surface area contributed by atoms with Crippen LogP contribution in [-0.4, -0.2) is 51.0 Å². The molecular formula is C22H19N7O3S. The Bertz CT molecular complexity index is 1420. The third-order valence-corrected chi connectivity index (χ3v) is 7.07. The fourth-order valence-corrected chi connectivity index (χ4v) is 4.82. The van der Waals surface area contributed by atoms with Crippen molar-refractivity contribution in [2.45, 2.75) is 11.3 Å². The van der Waals surface area contributed by atoms with Crippen molar-refractivity contribution in [3.8, 4) is 23.0 Å². The first-order chi connectivity index (χ1) is 16.0. The molecule has 0 unspecified atom stereocenters. The maximum absolute atomic E-state index is 12.8. The van der Waals surface area contributed by atoms with Gasteiger partial charge < -0.3 is 10.2 Å². The molecule has 5 rings (SSSR count). The quantitative estimate of drug-likeness (QED) is 0.475. The molecule has 0 bridgehead atoms. The topological polar surface area (TPSA) is 141 Å². The second-order valence-electron chi connectivity index (χ2n) is 7.30. The van der Waals surface area contributed by atoms with E-state index in [-0.39, 0.29) is 28.8 Å². The molecule has 4 heterocycles. The predicted octanol–water partition coefficient (Wildman–Crippen LogP) is 2.65. The predicted molar refractivity (Wildman–Crippen MR) is 121 cm³/mol. The van der Waals surface area contributed by atoms with Crippen molar-refractivity contribution in [3.05, 3.63) is 72.8 Å². The van der Waals surface area contributed by atoms with Gasteiger partial charge >= 0.3 is 0 Å². The second-order valence-corrected chi connectivity index (χ2v) is 9.24. The van der Waals surface area contributed by atoms with Crippen LogP contribution < -0.4 is 5.73 Å². The fraction of sp³-hybridized carbons (Fsp3) is 0.136. The lowest BCUT2D eigenvalue weighted by Crippen LogP contribution is -2.34. The van der Waals surface area contributed by atoms with E-state index in [0.29, 0.717) is 24.6 Å². The van der Waals surface area contributed by atoms with E-state index in [4.69, 9.17) is 10.2 Å². The Labute approximate surface area is 189 Å². The number of pyridine rings is 1. The number of rotatable bonds is 5. The first kappa shape index (κ1) is 20.9. The Hall–Kier alpha value is -3.96. The zero-order valence-corrected chi connectivity index (χ0v) is 18.2. The SMILES string of the molecule is Nc1ncc(C2=CCN(S(=O)(=O)c3cccnc3)CC2)nc1-c1nnc(-c2ccccc2)o1. The summed E-state index contributed by atoms with van der Waals surface area (Å²) in [6.07, 6.45) is 6.74. The van der Waals surface area contributed by atoms with Crippen molar-refractivity contribution < 1.29 is 12.8 Å². The van der Waals surface area contributed by atoms with Gasteiger partial charge in [-0.15, -0.1) is 10.2 Å². The van der Waals surface area contributed by atoms with Crippen molar-refractivity contribution in [1.29, 1.82) is 0 Å². The summed E-state index contributed by atoms with van der Waals surface area (Å²) in [6.45, 7) is 0.524. The molecule has 1 aromatic carbocycles. The van der Waals surface area contributed by atoms with Crippen molar-refractivity contribution in [1.82, 2.24) is 29.5 Å². The first-order valence-corrected chi connectivity index (χ1v) is 11.6. The number of benzene rings is 1. The molecule has 166 valence electrons. The lowest BCUT2D eigenvalue weighted by Gasteiger charge is -2.25. The Balaban J connectivity index is 1.40. The Kier molecular flexibility index (Phi) is 5.40. The Morgan fingerprint density at radius 1 is 1.00 bits per heavy atom. The molecule has 0 spiro atoms. The minimum atomic E-state index is -3.61. The highest BCUT2D eigenvalue weighted by Crippen LogP contribution is 2.29. The molecule has 11 heteroatoms. The summed E-state index contributed by atoms with van der Waals surface area (Å²) < 4.78 is 32.8. The molecule has 2 N–H and O–H groups in total. The highest BCUT2D eigenvalue weighted by Gasteiger charge is 2.27. The second kappa shape index (κ2) is 8.52. The number of aromatic nitrogens is 5. The van der Waals surface area contributed by atoms with Crippen LogP contribution in [0.15, 0.2) is 76.4 Å². The molecule has 0 atom stereocenters. The summed E-state index contributed by atoms with van der Waals surface area (Å²) in [5, 5.41) is 8.15. The number of anilines is 1. The third-order valence-electron chi connectivity index (χ3n) is 5.22. The lowest BCUT2D eigenvalue weighted by atomic mass is 10.1. The Morgan fingerprint density at radius 2 is 1.82 bits per heavy atom. The zero-order valence-electron chi connectivity index (χ0n) is 17.4. The fourth-order valence-electron chi connectivity index (χ4n) is 3.48. The number of nitrogens with zero attached hydrogens (tertiary/aromatic N) is 6. The van der Waals surface area contributed by atoms with Gasteiger partial charge in [-0.3, -0.25) is 4.98 Å². The van der Waals surface area contributed by atoms with E-state index in [0.717, 1.165) is 11.1 Å². The summed E-state index contributed by atoms with van der Waals surface area (Å²) in [5.74, 6) is 0.683. The molecule has 0 radical (unpaired) electrons. The van der Waals surface area contributed by atoms with E-state index in [2.05, 4.69) is 25.1 Å². The van der Waals surface area contributed by atoms with Crippen molar-refractivity contribution in [2.75, 3.05) is 18.8 Å². The summed E-state index contributed by atoms with van der Waals surface area (Å²) in [5.41, 5.74) is 8.54. The van der Waals surface area contributed by atoms with Crippen molar-refractivity contribution in [2.24, 2.45) is 0 Å². The molecule has 0 fully saturated rings. The average Bonchev–Trinajstić information content (AvgIpc) is 3.36. The highest BCUT2D eigenvalue weighted by atomic mass is 32.2. The van der Waals surface area contributed by atoms with E-state index >= 15 is 0 Å². The molecule has 1 aliphatic heterocycles. The monoisotopic (exact) mass is 461 g/mol. The maximum Gasteiger partial charge on any atom is 0.270 e. The average molecular weight is 462 g/mol. The van der Waals surface area contributed by atoms with Gasteiger partial charge in [0.2, 0.25) is 15.9 Å². The van der Waals surface area contributed by atoms with Crippen LogP contribution in [0.1, 0.15) is 12.1 Å². The van der Waals surface area contributed by atoms with Gasteiger partial charge in [-0.05, 0) is 36.3 Å². The van der Waals surface area contributed by atoms with Gasteiger partial charge in [0.1, 0.15) is 4.90 Å². The van der Waals surface area contributed by atoms with E-state index in [1.165, 1.54) is 22.8 Å². The van der Waals surface area contributed by atoms with E-state index < -0.39 is 10.0 Å². The van der Waals surface area contributed by atoms with Gasteiger partial charge in [-0.2, -0.15) is 4.31 Å². The minimum Gasteiger partial charge on any atom is -0.414 e. The van der Waals surface area contributed by atoms with Crippen LogP contribution in [0.5, 0.6) is 0 Å². The standard InChI is InChI=1S/C22H19N7O3S/c23-20-19(22-28-27-21(32-22)16-5-2-1-3-6-16)26-18(14-25-20)15-8-11-29(12-9-15)33(30,31)17-7-4-10-24-13-17/h1-8,10,13-14H,9,11-12H2,(H2,23,25). The van der Waals surface area contributed by atoms with Crippen LogP contribution in [0.25, 0.3) is 28.6 Å². The van der Waals surface area contributed by atoms with Gasteiger partial charge in [0.05, 0.1) is 11.9 Å². The maximum atomic E-state index is 12.8.